The van der Waals surface area contributed by atoms with Crippen LogP contribution in [0.4, 0.5) is 5.82 Å². The molecule has 142 valence electrons. The second kappa shape index (κ2) is 7.28. The van der Waals surface area contributed by atoms with Crippen LogP contribution in [0.3, 0.4) is 0 Å². The number of nitrogens with one attached hydrogen (secondary N) is 3. The first kappa shape index (κ1) is 18.7. The number of carbonyl (C=O) groups is 1. The molecule has 1 aromatic heterocycles. The second-order valence-corrected chi connectivity index (χ2v) is 6.31. The SMILES string of the molecule is COC(=O)C1=C(C)Nc2[nH]c(=S)[nH]c(=O)c2C1c1ccc(OC)c(OC)c1. The van der Waals surface area contributed by atoms with Crippen LogP contribution in [0.1, 0.15) is 24.0 Å². The molecule has 1 aliphatic heterocycles. The normalized spacial score (nSPS) is 15.6. The van der Waals surface area contributed by atoms with Gasteiger partial charge in [-0.1, -0.05) is 6.07 Å². The maximum absolute atomic E-state index is 12.7. The topological polar surface area (TPSA) is 105 Å². The van der Waals surface area contributed by atoms with E-state index in [2.05, 4.69) is 15.3 Å². The molecule has 3 rings (SSSR count). The van der Waals surface area contributed by atoms with E-state index < -0.39 is 17.4 Å². The molecule has 2 heterocycles. The van der Waals surface area contributed by atoms with Crippen molar-refractivity contribution in [3.63, 3.8) is 0 Å². The highest BCUT2D eigenvalue weighted by molar-refractivity contribution is 7.71. The van der Waals surface area contributed by atoms with Crippen molar-refractivity contribution in [2.75, 3.05) is 26.6 Å². The summed E-state index contributed by atoms with van der Waals surface area (Å²) < 4.78 is 15.8. The van der Waals surface area contributed by atoms with Crippen molar-refractivity contribution in [1.82, 2.24) is 9.97 Å². The first-order valence-electron chi connectivity index (χ1n) is 8.05. The summed E-state index contributed by atoms with van der Waals surface area (Å²) in [5, 5.41) is 3.04. The highest BCUT2D eigenvalue weighted by Gasteiger charge is 2.36. The number of aromatic amines is 2. The van der Waals surface area contributed by atoms with Gasteiger partial charge in [-0.3, -0.25) is 9.78 Å². The molecule has 27 heavy (non-hydrogen) atoms. The van der Waals surface area contributed by atoms with Gasteiger partial charge >= 0.3 is 5.97 Å². The number of aromatic nitrogens is 2. The number of carbonyl (C=O) groups excluding carboxylic acids is 1. The zero-order valence-electron chi connectivity index (χ0n) is 15.3. The van der Waals surface area contributed by atoms with Crippen molar-refractivity contribution in [2.45, 2.75) is 12.8 Å². The summed E-state index contributed by atoms with van der Waals surface area (Å²) in [5.74, 6) is 0.249. The maximum Gasteiger partial charge on any atom is 0.336 e. The lowest BCUT2D eigenvalue weighted by atomic mass is 9.82. The molecule has 0 saturated heterocycles. The van der Waals surface area contributed by atoms with Crippen LogP contribution in [-0.2, 0) is 9.53 Å². The van der Waals surface area contributed by atoms with Crippen molar-refractivity contribution in [3.8, 4) is 11.5 Å². The number of H-pyrrole nitrogens is 2. The molecule has 2 aromatic rings. The van der Waals surface area contributed by atoms with Crippen LogP contribution in [0.2, 0.25) is 0 Å². The van der Waals surface area contributed by atoms with Gasteiger partial charge in [0.05, 0.1) is 38.4 Å². The Morgan fingerprint density at radius 3 is 2.44 bits per heavy atom. The number of methoxy groups -OCH3 is 3. The number of anilines is 1. The number of allylic oxidation sites excluding steroid dienone is 1. The van der Waals surface area contributed by atoms with E-state index >= 15 is 0 Å². The molecule has 0 bridgehead atoms. The van der Waals surface area contributed by atoms with Gasteiger partial charge in [0.25, 0.3) is 5.56 Å². The molecule has 0 fully saturated rings. The molecule has 1 aliphatic rings. The molecule has 0 radical (unpaired) electrons. The average Bonchev–Trinajstić information content (AvgIpc) is 2.65. The molecule has 0 spiro atoms. The van der Waals surface area contributed by atoms with Crippen LogP contribution in [0.25, 0.3) is 0 Å². The van der Waals surface area contributed by atoms with Gasteiger partial charge < -0.3 is 24.5 Å². The van der Waals surface area contributed by atoms with E-state index in [0.29, 0.717) is 39.7 Å². The van der Waals surface area contributed by atoms with Crippen molar-refractivity contribution in [3.05, 3.63) is 55.7 Å². The number of hydrogen-bond acceptors (Lipinski definition) is 7. The summed E-state index contributed by atoms with van der Waals surface area (Å²) in [5.41, 5.74) is 1.50. The van der Waals surface area contributed by atoms with E-state index in [0.717, 1.165) is 0 Å². The molecule has 8 nitrogen and oxygen atoms in total. The molecule has 1 unspecified atom stereocenters. The number of rotatable bonds is 4. The highest BCUT2D eigenvalue weighted by atomic mass is 32.1. The lowest BCUT2D eigenvalue weighted by Crippen LogP contribution is -2.30. The molecule has 1 aromatic carbocycles. The smallest absolute Gasteiger partial charge is 0.336 e. The second-order valence-electron chi connectivity index (χ2n) is 5.90. The van der Waals surface area contributed by atoms with Gasteiger partial charge in [-0.25, -0.2) is 4.79 Å². The Labute approximate surface area is 160 Å². The average molecular weight is 389 g/mol. The van der Waals surface area contributed by atoms with Crippen LogP contribution in [0.15, 0.2) is 34.3 Å². The maximum atomic E-state index is 12.7. The van der Waals surface area contributed by atoms with Crippen LogP contribution >= 0.6 is 12.2 Å². The van der Waals surface area contributed by atoms with E-state index in [1.807, 2.05) is 0 Å². The Balaban J connectivity index is 2.32. The van der Waals surface area contributed by atoms with E-state index in [-0.39, 0.29) is 4.77 Å². The number of ether oxygens (including phenoxy) is 3. The Bertz CT molecular complexity index is 1050. The minimum atomic E-state index is -0.677. The number of hydrogen-bond donors (Lipinski definition) is 3. The van der Waals surface area contributed by atoms with E-state index in [1.165, 1.54) is 21.3 Å². The fraction of sp³-hybridized carbons (Fsp3) is 0.278. The fourth-order valence-electron chi connectivity index (χ4n) is 3.23. The first-order valence-corrected chi connectivity index (χ1v) is 8.46. The van der Waals surface area contributed by atoms with E-state index in [1.54, 1.807) is 25.1 Å². The summed E-state index contributed by atoms with van der Waals surface area (Å²) >= 11 is 5.06. The number of esters is 1. The summed E-state index contributed by atoms with van der Waals surface area (Å²) in [7, 11) is 4.35. The van der Waals surface area contributed by atoms with E-state index in [4.69, 9.17) is 26.4 Å². The van der Waals surface area contributed by atoms with Crippen molar-refractivity contribution in [2.24, 2.45) is 0 Å². The van der Waals surface area contributed by atoms with Gasteiger partial charge in [-0.05, 0) is 36.8 Å². The van der Waals surface area contributed by atoms with Crippen molar-refractivity contribution >= 4 is 24.0 Å². The van der Waals surface area contributed by atoms with Gasteiger partial charge in [-0.2, -0.15) is 0 Å². The summed E-state index contributed by atoms with van der Waals surface area (Å²) in [4.78, 5) is 30.7. The minimum Gasteiger partial charge on any atom is -0.493 e. The largest absolute Gasteiger partial charge is 0.493 e. The van der Waals surface area contributed by atoms with Crippen LogP contribution in [-0.4, -0.2) is 37.3 Å². The van der Waals surface area contributed by atoms with Crippen LogP contribution in [0.5, 0.6) is 11.5 Å². The number of benzene rings is 1. The molecular weight excluding hydrogens is 370 g/mol. The standard InChI is InChI=1S/C18H19N3O5S/c1-8-12(17(23)26-4)13(9-5-6-10(24-2)11(7-9)25-3)14-15(19-8)20-18(27)21-16(14)22/h5-7,13H,1-4H3,(H3,19,20,21,22,27). The third-order valence-corrected chi connectivity index (χ3v) is 4.62. The first-order chi connectivity index (χ1) is 12.9. The molecule has 3 N–H and O–H groups in total. The van der Waals surface area contributed by atoms with Crippen molar-refractivity contribution < 1.29 is 19.0 Å². The molecule has 0 saturated carbocycles. The molecule has 0 amide bonds. The van der Waals surface area contributed by atoms with Gasteiger partial charge in [0.1, 0.15) is 5.82 Å². The predicted octanol–water partition coefficient (Wildman–Crippen LogP) is 2.45. The van der Waals surface area contributed by atoms with E-state index in [9.17, 15) is 9.59 Å². The Morgan fingerprint density at radius 1 is 1.11 bits per heavy atom. The Kier molecular flexibility index (Phi) is 5.04. The van der Waals surface area contributed by atoms with Gasteiger partial charge in [0.15, 0.2) is 16.3 Å². The third kappa shape index (κ3) is 3.21. The van der Waals surface area contributed by atoms with Gasteiger partial charge in [0.2, 0.25) is 0 Å². The van der Waals surface area contributed by atoms with Crippen LogP contribution < -0.4 is 20.3 Å². The molecule has 0 aliphatic carbocycles. The lowest BCUT2D eigenvalue weighted by molar-refractivity contribution is -0.136. The molecule has 1 atom stereocenters. The molecule has 9 heteroatoms. The zero-order chi connectivity index (χ0) is 19.7. The summed E-state index contributed by atoms with van der Waals surface area (Å²) in [6.07, 6.45) is 0. The fourth-order valence-corrected chi connectivity index (χ4v) is 3.43. The van der Waals surface area contributed by atoms with Gasteiger partial charge in [-0.15, -0.1) is 0 Å². The monoisotopic (exact) mass is 389 g/mol. The number of fused-ring (bicyclic) bond motifs is 1. The third-order valence-electron chi connectivity index (χ3n) is 4.42. The summed E-state index contributed by atoms with van der Waals surface area (Å²) in [6, 6.07) is 5.23. The minimum absolute atomic E-state index is 0.187. The Hall–Kier alpha value is -3.07. The van der Waals surface area contributed by atoms with Gasteiger partial charge in [0, 0.05) is 5.70 Å². The quantitative estimate of drug-likeness (QED) is 0.545. The Morgan fingerprint density at radius 2 is 1.81 bits per heavy atom. The molecular formula is C18H19N3O5S. The van der Waals surface area contributed by atoms with Crippen LogP contribution in [0, 0.1) is 4.77 Å². The van der Waals surface area contributed by atoms with Crippen molar-refractivity contribution in [1.29, 1.82) is 0 Å². The highest BCUT2D eigenvalue weighted by Crippen LogP contribution is 2.41. The zero-order valence-corrected chi connectivity index (χ0v) is 16.1. The summed E-state index contributed by atoms with van der Waals surface area (Å²) in [6.45, 7) is 1.74. The predicted molar refractivity (Wildman–Crippen MR) is 102 cm³/mol. The lowest BCUT2D eigenvalue weighted by Gasteiger charge is -2.29.